The fourth-order valence-electron chi connectivity index (χ4n) is 1.34. The van der Waals surface area contributed by atoms with E-state index in [1.165, 1.54) is 0 Å². The first-order chi connectivity index (χ1) is 6.47. The van der Waals surface area contributed by atoms with Crippen molar-refractivity contribution in [3.05, 3.63) is 11.6 Å². The molecule has 0 heterocycles. The van der Waals surface area contributed by atoms with Gasteiger partial charge in [0.05, 0.1) is 6.10 Å². The Morgan fingerprint density at radius 2 is 1.93 bits per heavy atom. The van der Waals surface area contributed by atoms with Crippen molar-refractivity contribution in [2.24, 2.45) is 5.92 Å². The Morgan fingerprint density at radius 1 is 1.36 bits per heavy atom. The van der Waals surface area contributed by atoms with Crippen molar-refractivity contribution in [1.29, 1.82) is 0 Å². The second-order valence-electron chi connectivity index (χ2n) is 4.07. The first-order valence-electron chi connectivity index (χ1n) is 5.36. The average Bonchev–Trinajstić information content (AvgIpc) is 2.02. The number of carbonyl (C=O) groups excluding carboxylic acids is 1. The average molecular weight is 198 g/mol. The summed E-state index contributed by atoms with van der Waals surface area (Å²) < 4.78 is 5.08. The minimum atomic E-state index is -0.192. The number of rotatable bonds is 5. The highest BCUT2D eigenvalue weighted by molar-refractivity contribution is 5.87. The molecule has 0 fully saturated rings. The summed E-state index contributed by atoms with van der Waals surface area (Å²) in [5, 5.41) is 0. The van der Waals surface area contributed by atoms with Gasteiger partial charge < -0.3 is 4.74 Å². The molecule has 1 unspecified atom stereocenters. The lowest BCUT2D eigenvalue weighted by molar-refractivity contribution is -0.142. The van der Waals surface area contributed by atoms with E-state index in [0.29, 0.717) is 5.92 Å². The Morgan fingerprint density at radius 3 is 2.36 bits per heavy atom. The van der Waals surface area contributed by atoms with Crippen LogP contribution >= 0.6 is 0 Å². The van der Waals surface area contributed by atoms with Crippen molar-refractivity contribution < 1.29 is 9.53 Å². The van der Waals surface area contributed by atoms with E-state index in [9.17, 15) is 4.79 Å². The van der Waals surface area contributed by atoms with Crippen molar-refractivity contribution in [2.75, 3.05) is 0 Å². The number of hydrogen-bond donors (Lipinski definition) is 0. The number of ether oxygens (including phenoxy) is 1. The third-order valence-electron chi connectivity index (χ3n) is 1.94. The van der Waals surface area contributed by atoms with Gasteiger partial charge in [-0.15, -0.1) is 0 Å². The smallest absolute Gasteiger partial charge is 0.333 e. The summed E-state index contributed by atoms with van der Waals surface area (Å²) in [6.07, 6.45) is 4.22. The molecule has 0 saturated carbocycles. The summed E-state index contributed by atoms with van der Waals surface area (Å²) in [7, 11) is 0. The molecule has 0 aliphatic carbocycles. The quantitative estimate of drug-likeness (QED) is 0.500. The van der Waals surface area contributed by atoms with Gasteiger partial charge in [-0.1, -0.05) is 26.3 Å². The molecule has 0 aromatic rings. The number of hydrogen-bond acceptors (Lipinski definition) is 2. The van der Waals surface area contributed by atoms with Gasteiger partial charge in [0.15, 0.2) is 0 Å². The minimum Gasteiger partial charge on any atom is -0.460 e. The summed E-state index contributed by atoms with van der Waals surface area (Å²) in [6.45, 7) is 9.81. The summed E-state index contributed by atoms with van der Waals surface area (Å²) in [6, 6.07) is 0. The van der Waals surface area contributed by atoms with Crippen molar-refractivity contribution >= 4 is 5.97 Å². The van der Waals surface area contributed by atoms with Crippen molar-refractivity contribution in [1.82, 2.24) is 0 Å². The molecule has 0 spiro atoms. The zero-order chi connectivity index (χ0) is 11.1. The molecule has 2 heteroatoms. The first-order valence-corrected chi connectivity index (χ1v) is 5.36. The van der Waals surface area contributed by atoms with E-state index in [-0.39, 0.29) is 12.1 Å². The summed E-state index contributed by atoms with van der Waals surface area (Å²) in [4.78, 5) is 11.4. The van der Waals surface area contributed by atoms with Crippen LogP contribution < -0.4 is 0 Å². The van der Waals surface area contributed by atoms with Gasteiger partial charge in [-0.25, -0.2) is 4.79 Å². The van der Waals surface area contributed by atoms with Gasteiger partial charge in [-0.2, -0.15) is 0 Å². The zero-order valence-corrected chi connectivity index (χ0v) is 9.96. The largest absolute Gasteiger partial charge is 0.460 e. The van der Waals surface area contributed by atoms with Crippen LogP contribution in [0.4, 0.5) is 0 Å². The number of esters is 1. The molecule has 0 N–H and O–H groups in total. The van der Waals surface area contributed by atoms with E-state index in [4.69, 9.17) is 4.74 Å². The minimum absolute atomic E-state index is 0.0349. The molecule has 0 aliphatic rings. The summed E-state index contributed by atoms with van der Waals surface area (Å²) in [5.41, 5.74) is 0.722. The molecule has 0 bridgehead atoms. The molecular formula is C12H22O2. The topological polar surface area (TPSA) is 26.3 Å². The van der Waals surface area contributed by atoms with Crippen LogP contribution in [0.2, 0.25) is 0 Å². The number of allylic oxidation sites excluding steroid dienone is 1. The van der Waals surface area contributed by atoms with E-state index in [0.717, 1.165) is 18.4 Å². The Bertz CT molecular complexity index is 204. The lowest BCUT2D eigenvalue weighted by Gasteiger charge is -2.09. The van der Waals surface area contributed by atoms with E-state index < -0.39 is 0 Å². The van der Waals surface area contributed by atoms with Crippen LogP contribution in [0.1, 0.15) is 47.5 Å². The second-order valence-corrected chi connectivity index (χ2v) is 4.07. The molecule has 82 valence electrons. The third-order valence-corrected chi connectivity index (χ3v) is 1.94. The maximum absolute atomic E-state index is 11.4. The van der Waals surface area contributed by atoms with E-state index in [1.807, 2.05) is 26.8 Å². The lowest BCUT2D eigenvalue weighted by Crippen LogP contribution is -2.12. The van der Waals surface area contributed by atoms with Crippen LogP contribution in [-0.4, -0.2) is 12.1 Å². The first kappa shape index (κ1) is 13.2. The van der Waals surface area contributed by atoms with Gasteiger partial charge in [0.2, 0.25) is 0 Å². The number of carbonyl (C=O) groups is 1. The Balaban J connectivity index is 4.15. The molecule has 0 amide bonds. The fourth-order valence-corrected chi connectivity index (χ4v) is 1.34. The molecule has 0 saturated heterocycles. The SMILES string of the molecule is CCCC(C)/C=C(\C)C(=O)OC(C)C. The van der Waals surface area contributed by atoms with Gasteiger partial charge in [0.25, 0.3) is 0 Å². The van der Waals surface area contributed by atoms with Crippen LogP contribution in [-0.2, 0) is 9.53 Å². The maximum atomic E-state index is 11.4. The molecule has 0 aromatic heterocycles. The standard InChI is InChI=1S/C12H22O2/c1-6-7-10(4)8-11(5)12(13)14-9(2)3/h8-10H,6-7H2,1-5H3/b11-8+. The third kappa shape index (κ3) is 5.79. The van der Waals surface area contributed by atoms with Gasteiger partial charge in [-0.05, 0) is 33.1 Å². The predicted octanol–water partition coefficient (Wildman–Crippen LogP) is 3.32. The predicted molar refractivity (Wildman–Crippen MR) is 59.1 cm³/mol. The van der Waals surface area contributed by atoms with Crippen LogP contribution in [0.25, 0.3) is 0 Å². The fraction of sp³-hybridized carbons (Fsp3) is 0.750. The zero-order valence-electron chi connectivity index (χ0n) is 9.96. The van der Waals surface area contributed by atoms with Crippen molar-refractivity contribution in [3.63, 3.8) is 0 Å². The molecule has 0 aliphatic heterocycles. The van der Waals surface area contributed by atoms with Crippen LogP contribution in [0.15, 0.2) is 11.6 Å². The highest BCUT2D eigenvalue weighted by Gasteiger charge is 2.08. The molecule has 2 nitrogen and oxygen atoms in total. The molecule has 0 radical (unpaired) electrons. The Kier molecular flexibility index (Phi) is 6.26. The highest BCUT2D eigenvalue weighted by Crippen LogP contribution is 2.11. The highest BCUT2D eigenvalue weighted by atomic mass is 16.5. The van der Waals surface area contributed by atoms with E-state index in [1.54, 1.807) is 0 Å². The van der Waals surface area contributed by atoms with Crippen LogP contribution in [0.3, 0.4) is 0 Å². The molecular weight excluding hydrogens is 176 g/mol. The van der Waals surface area contributed by atoms with Crippen molar-refractivity contribution in [2.45, 2.75) is 53.6 Å². The van der Waals surface area contributed by atoms with Crippen LogP contribution in [0.5, 0.6) is 0 Å². The Labute approximate surface area is 87.3 Å². The van der Waals surface area contributed by atoms with E-state index in [2.05, 4.69) is 13.8 Å². The Hall–Kier alpha value is -0.790. The van der Waals surface area contributed by atoms with Gasteiger partial charge in [0.1, 0.15) is 0 Å². The van der Waals surface area contributed by atoms with Crippen LogP contribution in [0, 0.1) is 5.92 Å². The van der Waals surface area contributed by atoms with Crippen molar-refractivity contribution in [3.8, 4) is 0 Å². The second kappa shape index (κ2) is 6.63. The summed E-state index contributed by atoms with van der Waals surface area (Å²) in [5.74, 6) is 0.266. The molecule has 14 heavy (non-hydrogen) atoms. The lowest BCUT2D eigenvalue weighted by atomic mass is 10.0. The maximum Gasteiger partial charge on any atom is 0.333 e. The van der Waals surface area contributed by atoms with Gasteiger partial charge in [0, 0.05) is 5.57 Å². The van der Waals surface area contributed by atoms with Gasteiger partial charge >= 0.3 is 5.97 Å². The monoisotopic (exact) mass is 198 g/mol. The van der Waals surface area contributed by atoms with E-state index >= 15 is 0 Å². The summed E-state index contributed by atoms with van der Waals surface area (Å²) >= 11 is 0. The van der Waals surface area contributed by atoms with Gasteiger partial charge in [-0.3, -0.25) is 0 Å². The molecule has 0 rings (SSSR count). The molecule has 1 atom stereocenters. The normalized spacial score (nSPS) is 14.3. The molecule has 0 aromatic carbocycles.